The molecule has 4 rings (SSSR count). The average Bonchev–Trinajstić information content (AvgIpc) is 2.61. The quantitative estimate of drug-likeness (QED) is 0.334. The molecule has 3 aromatic rings. The van der Waals surface area contributed by atoms with Crippen LogP contribution in [-0.2, 0) is 10.1 Å². The highest BCUT2D eigenvalue weighted by molar-refractivity contribution is 9.10. The molecule has 3 aromatic carbocycles. The van der Waals surface area contributed by atoms with Gasteiger partial charge in [-0.3, -0.25) is 0 Å². The SMILES string of the molecule is CC1c2cc(Br)ccc2Oc2c1ccc1cc(OS(=O)(=O)C(F)(F)F)ccc21. The molecular weight excluding hydrogens is 461 g/mol. The van der Waals surface area contributed by atoms with Crippen LogP contribution in [0.25, 0.3) is 10.8 Å². The van der Waals surface area contributed by atoms with Crippen molar-refractivity contribution in [2.24, 2.45) is 0 Å². The number of benzene rings is 3. The lowest BCUT2D eigenvalue weighted by Gasteiger charge is -2.27. The Hall–Kier alpha value is -2.26. The van der Waals surface area contributed by atoms with Crippen LogP contribution in [0, 0.1) is 0 Å². The van der Waals surface area contributed by atoms with E-state index in [1.807, 2.05) is 31.2 Å². The Morgan fingerprint density at radius 1 is 1.04 bits per heavy atom. The van der Waals surface area contributed by atoms with Crippen LogP contribution in [0.3, 0.4) is 0 Å². The van der Waals surface area contributed by atoms with Crippen molar-refractivity contribution in [3.63, 3.8) is 0 Å². The van der Waals surface area contributed by atoms with Crippen molar-refractivity contribution in [3.8, 4) is 17.2 Å². The van der Waals surface area contributed by atoms with Gasteiger partial charge in [-0.2, -0.15) is 21.6 Å². The van der Waals surface area contributed by atoms with E-state index in [1.165, 1.54) is 18.2 Å². The highest BCUT2D eigenvalue weighted by atomic mass is 79.9. The van der Waals surface area contributed by atoms with E-state index in [2.05, 4.69) is 20.1 Å². The monoisotopic (exact) mass is 472 g/mol. The summed E-state index contributed by atoms with van der Waals surface area (Å²) in [6.07, 6.45) is 0. The summed E-state index contributed by atoms with van der Waals surface area (Å²) in [5, 5.41) is 1.15. The van der Waals surface area contributed by atoms with Gasteiger partial charge in [0.15, 0.2) is 0 Å². The molecule has 0 aliphatic carbocycles. The first-order chi connectivity index (χ1) is 13.1. The van der Waals surface area contributed by atoms with E-state index in [1.54, 1.807) is 6.07 Å². The van der Waals surface area contributed by atoms with Crippen LogP contribution in [0.2, 0.25) is 0 Å². The summed E-state index contributed by atoms with van der Waals surface area (Å²) in [7, 11) is -5.73. The number of ether oxygens (including phenoxy) is 1. The Kier molecular flexibility index (Phi) is 4.35. The van der Waals surface area contributed by atoms with E-state index in [0.717, 1.165) is 15.6 Å². The lowest BCUT2D eigenvalue weighted by atomic mass is 9.88. The summed E-state index contributed by atoms with van der Waals surface area (Å²) < 4.78 is 71.2. The Morgan fingerprint density at radius 3 is 2.50 bits per heavy atom. The lowest BCUT2D eigenvalue weighted by Crippen LogP contribution is -2.28. The van der Waals surface area contributed by atoms with E-state index in [0.29, 0.717) is 22.3 Å². The molecule has 0 amide bonds. The molecule has 0 radical (unpaired) electrons. The van der Waals surface area contributed by atoms with Gasteiger partial charge >= 0.3 is 15.6 Å². The summed E-state index contributed by atoms with van der Waals surface area (Å²) in [5.74, 6) is 0.904. The van der Waals surface area contributed by atoms with Gasteiger partial charge in [-0.1, -0.05) is 35.0 Å². The van der Waals surface area contributed by atoms with Crippen LogP contribution in [0.5, 0.6) is 17.2 Å². The largest absolute Gasteiger partial charge is 0.534 e. The van der Waals surface area contributed by atoms with Crippen molar-refractivity contribution in [2.75, 3.05) is 0 Å². The van der Waals surface area contributed by atoms with Crippen LogP contribution in [0.1, 0.15) is 24.0 Å². The fourth-order valence-corrected chi connectivity index (χ4v) is 4.04. The molecule has 4 nitrogen and oxygen atoms in total. The topological polar surface area (TPSA) is 52.6 Å². The predicted molar refractivity (Wildman–Crippen MR) is 101 cm³/mol. The van der Waals surface area contributed by atoms with Crippen LogP contribution in [0.4, 0.5) is 13.2 Å². The second-order valence-electron chi connectivity index (χ2n) is 6.36. The third-order valence-corrected chi connectivity index (χ3v) is 6.05. The highest BCUT2D eigenvalue weighted by Crippen LogP contribution is 2.48. The van der Waals surface area contributed by atoms with Crippen molar-refractivity contribution in [1.29, 1.82) is 0 Å². The van der Waals surface area contributed by atoms with Gasteiger partial charge in [0.25, 0.3) is 0 Å². The summed E-state index contributed by atoms with van der Waals surface area (Å²) >= 11 is 3.44. The van der Waals surface area contributed by atoms with Gasteiger partial charge < -0.3 is 8.92 Å². The summed E-state index contributed by atoms with van der Waals surface area (Å²) in [6.45, 7) is 2.03. The van der Waals surface area contributed by atoms with Crippen molar-refractivity contribution in [2.45, 2.75) is 18.3 Å². The minimum absolute atomic E-state index is 0.0437. The smallest absolute Gasteiger partial charge is 0.456 e. The highest BCUT2D eigenvalue weighted by Gasteiger charge is 2.48. The van der Waals surface area contributed by atoms with E-state index < -0.39 is 21.4 Å². The number of rotatable bonds is 2. The lowest BCUT2D eigenvalue weighted by molar-refractivity contribution is -0.0500. The molecule has 0 bridgehead atoms. The van der Waals surface area contributed by atoms with E-state index in [4.69, 9.17) is 4.74 Å². The maximum Gasteiger partial charge on any atom is 0.534 e. The van der Waals surface area contributed by atoms with Gasteiger partial charge in [0.1, 0.15) is 17.2 Å². The second-order valence-corrected chi connectivity index (χ2v) is 8.81. The minimum Gasteiger partial charge on any atom is -0.456 e. The Morgan fingerprint density at radius 2 is 1.79 bits per heavy atom. The Labute approximate surface area is 167 Å². The number of halogens is 4. The molecule has 1 unspecified atom stereocenters. The van der Waals surface area contributed by atoms with Crippen LogP contribution < -0.4 is 8.92 Å². The first-order valence-electron chi connectivity index (χ1n) is 8.11. The standard InChI is InChI=1S/C19H12BrF3O4S/c1-10-14-5-2-11-8-13(27-28(24,25)19(21,22)23)4-6-15(11)18(14)26-17-7-3-12(20)9-16(10)17/h2-10H,1H3. The van der Waals surface area contributed by atoms with Crippen molar-refractivity contribution in [1.82, 2.24) is 0 Å². The molecule has 0 spiro atoms. The third kappa shape index (κ3) is 3.12. The fraction of sp³-hybridized carbons (Fsp3) is 0.158. The fourth-order valence-electron chi connectivity index (χ4n) is 3.21. The van der Waals surface area contributed by atoms with Gasteiger partial charge in [0.05, 0.1) is 0 Å². The number of alkyl halides is 3. The molecule has 1 heterocycles. The van der Waals surface area contributed by atoms with Crippen molar-refractivity contribution in [3.05, 3.63) is 64.1 Å². The van der Waals surface area contributed by atoms with Gasteiger partial charge in [-0.05, 0) is 41.8 Å². The van der Waals surface area contributed by atoms with Gasteiger partial charge in [0.2, 0.25) is 0 Å². The number of hydrogen-bond acceptors (Lipinski definition) is 4. The molecule has 0 saturated carbocycles. The van der Waals surface area contributed by atoms with Crippen LogP contribution >= 0.6 is 15.9 Å². The first kappa shape index (κ1) is 19.1. The zero-order valence-electron chi connectivity index (χ0n) is 14.2. The minimum atomic E-state index is -5.73. The van der Waals surface area contributed by atoms with E-state index >= 15 is 0 Å². The maximum absolute atomic E-state index is 12.5. The second kappa shape index (κ2) is 6.38. The summed E-state index contributed by atoms with van der Waals surface area (Å²) in [6, 6.07) is 13.1. The van der Waals surface area contributed by atoms with Gasteiger partial charge in [0, 0.05) is 26.9 Å². The van der Waals surface area contributed by atoms with Crippen molar-refractivity contribution < 1.29 is 30.5 Å². The Bertz CT molecular complexity index is 1210. The summed E-state index contributed by atoms with van der Waals surface area (Å²) in [4.78, 5) is 0. The molecule has 9 heteroatoms. The zero-order chi connectivity index (χ0) is 20.3. The molecule has 1 aliphatic rings. The predicted octanol–water partition coefficient (Wildman–Crippen LogP) is 6.09. The molecule has 0 N–H and O–H groups in total. The molecule has 28 heavy (non-hydrogen) atoms. The molecule has 0 fully saturated rings. The van der Waals surface area contributed by atoms with E-state index in [-0.39, 0.29) is 5.92 Å². The van der Waals surface area contributed by atoms with Crippen molar-refractivity contribution >= 4 is 36.8 Å². The van der Waals surface area contributed by atoms with Crippen LogP contribution in [-0.4, -0.2) is 13.9 Å². The molecule has 0 saturated heterocycles. The maximum atomic E-state index is 12.5. The number of fused-ring (bicyclic) bond motifs is 4. The molecular formula is C19H12BrF3O4S. The molecule has 0 aromatic heterocycles. The molecule has 1 atom stereocenters. The normalized spacial score (nSPS) is 16.2. The third-order valence-electron chi connectivity index (χ3n) is 4.58. The summed E-state index contributed by atoms with van der Waals surface area (Å²) in [5.41, 5.74) is -3.55. The van der Waals surface area contributed by atoms with Gasteiger partial charge in [-0.25, -0.2) is 0 Å². The van der Waals surface area contributed by atoms with Gasteiger partial charge in [-0.15, -0.1) is 0 Å². The first-order valence-corrected chi connectivity index (χ1v) is 10.3. The zero-order valence-corrected chi connectivity index (χ0v) is 16.7. The average molecular weight is 473 g/mol. The van der Waals surface area contributed by atoms with Crippen LogP contribution in [0.15, 0.2) is 53.0 Å². The molecule has 1 aliphatic heterocycles. The Balaban J connectivity index is 1.78. The molecule has 146 valence electrons. The van der Waals surface area contributed by atoms with E-state index in [9.17, 15) is 21.6 Å². The number of hydrogen-bond donors (Lipinski definition) is 0.